The Kier molecular flexibility index (Phi) is 461. The number of rotatable bonds is 9. The smallest absolute Gasteiger partial charge is 0.244 e. The number of nitrogens with zero attached hydrogens (tertiary/aromatic N) is 2. The second kappa shape index (κ2) is 254. The van der Waals surface area contributed by atoms with E-state index in [9.17, 15) is 14.4 Å². The highest BCUT2D eigenvalue weighted by Gasteiger charge is 2.29. The van der Waals surface area contributed by atoms with E-state index in [1.54, 1.807) is 27.8 Å². The third kappa shape index (κ3) is 207. The Morgan fingerprint density at radius 1 is 0.424 bits per heavy atom. The number of benzene rings is 3. The van der Waals surface area contributed by atoms with Crippen molar-refractivity contribution < 1.29 is 72.2 Å². The van der Waals surface area contributed by atoms with Crippen molar-refractivity contribution in [3.63, 3.8) is 0 Å². The number of aliphatic hydroxyl groups is 1. The van der Waals surface area contributed by atoms with Crippen LogP contribution in [0.3, 0.4) is 0 Å². The summed E-state index contributed by atoms with van der Waals surface area (Å²) in [4.78, 5) is 128. The van der Waals surface area contributed by atoms with Crippen LogP contribution < -0.4 is 70.1 Å². The Bertz CT molecular complexity index is 1470. The SMILES string of the molecule is C=O.C=O.C=O.C=O.C=O.C=O.C=O.C=O.C=O.C=O.C=O.CC.CC.CC.CC.CC(=O)N(C)[C@@H](Cc1ccccc1)C(=O)N[C@@H](C)C(=O)N1CCCCC1.CC(C)O.CCC(C)C.CCc1ccccc1.CCc1ccccc1.CN.CN.CN.CN.CN.CN.CN.N.N.N.N. The molecule has 29 heteroatoms. The fourth-order valence-electron chi connectivity index (χ4n) is 4.65. The van der Waals surface area contributed by atoms with Crippen LogP contribution in [0.4, 0.5) is 0 Å². The zero-order valence-corrected chi connectivity index (χ0v) is 67.5. The van der Waals surface area contributed by atoms with Gasteiger partial charge in [-0.05, 0) is 125 Å². The molecule has 0 bridgehead atoms. The number of hydrogen-bond acceptors (Lipinski definition) is 26. The molecule has 1 fully saturated rings. The fraction of sp³-hybridized carbons (Fsp3) is 0.543. The van der Waals surface area contributed by atoms with Crippen LogP contribution in [0, 0.1) is 5.92 Å². The monoisotopic (exact) mass is 1440 g/mol. The standard InChI is InChI=1S/C20H29N3O3.2C8H10.C5H12.C3H8O.4C2H6.7CH5N.11CH2O.4H3N/c1-15(20(26)23-12-8-5-9-13-23)21-19(25)18(22(3)16(2)24)14-17-10-6-4-7-11-17;2*1-2-8-6-4-3-5-7-8;1-4-5(2)3;1-3(2)4;22*1-2;;;;/h4,6-7,10-11,15,18H,5,8-9,12-14H2,1-3H3,(H,21,25);2*3-7H,2H2,1H3;5H,4H2,1-3H3;3-4H,1-2H3;4*1-2H3;7*2H2,1H3;11*1H2;4*1H3/t15-,18-;;;;;;;;;;;;;;;;;;;;;;;;;;;;;;/m0............................../s1. The maximum Gasteiger partial charge on any atom is 0.244 e. The van der Waals surface area contributed by atoms with Crippen LogP contribution in [0.2, 0.25) is 0 Å². The third-order valence-corrected chi connectivity index (χ3v) is 8.25. The van der Waals surface area contributed by atoms with Crippen molar-refractivity contribution in [2.75, 3.05) is 69.5 Å². The number of carbonyl (C=O) groups is 14. The lowest BCUT2D eigenvalue weighted by molar-refractivity contribution is -0.140. The summed E-state index contributed by atoms with van der Waals surface area (Å²) < 4.78 is 0. The molecular formula is C70H162N14O15. The summed E-state index contributed by atoms with van der Waals surface area (Å²) >= 11 is 0. The lowest BCUT2D eigenvalue weighted by atomic mass is 10.0. The number of aliphatic hydroxyl groups excluding tert-OH is 1. The van der Waals surface area contributed by atoms with Crippen molar-refractivity contribution in [1.82, 2.24) is 39.7 Å². The molecule has 4 rings (SSSR count). The summed E-state index contributed by atoms with van der Waals surface area (Å²) in [6.07, 6.45) is 6.99. The van der Waals surface area contributed by atoms with Crippen molar-refractivity contribution in [2.24, 2.45) is 46.1 Å². The number of nitrogens with two attached hydrogens (primary N) is 7. The van der Waals surface area contributed by atoms with Crippen molar-refractivity contribution in [2.45, 2.75) is 181 Å². The third-order valence-electron chi connectivity index (χ3n) is 8.25. The predicted octanol–water partition coefficient (Wildman–Crippen LogP) is 8.27. The van der Waals surface area contributed by atoms with Crippen LogP contribution >= 0.6 is 0 Å². The number of carbonyl (C=O) groups excluding carboxylic acids is 14. The average Bonchev–Trinajstić information content (AvgIpc) is 0.974. The molecule has 1 aliphatic rings. The van der Waals surface area contributed by atoms with Crippen molar-refractivity contribution >= 4 is 92.4 Å². The van der Waals surface area contributed by atoms with Crippen molar-refractivity contribution in [3.8, 4) is 0 Å². The second-order valence-electron chi connectivity index (χ2n) is 13.5. The first-order chi connectivity index (χ1) is 46.3. The Morgan fingerprint density at radius 3 is 0.778 bits per heavy atom. The summed E-state index contributed by atoms with van der Waals surface area (Å²) in [5.41, 5.74) is 35.3. The minimum absolute atomic E-state index is 0. The molecule has 1 saturated heterocycles. The Labute approximate surface area is 606 Å². The minimum atomic E-state index is -0.647. The van der Waals surface area contributed by atoms with Gasteiger partial charge in [-0.3, -0.25) is 14.4 Å². The van der Waals surface area contributed by atoms with Crippen LogP contribution in [0.1, 0.15) is 160 Å². The van der Waals surface area contributed by atoms with Gasteiger partial charge in [-0.15, -0.1) is 0 Å². The Morgan fingerprint density at radius 2 is 0.616 bits per heavy atom. The maximum absolute atomic E-state index is 12.8. The van der Waals surface area contributed by atoms with Crippen LogP contribution in [-0.2, 0) is 86.4 Å². The molecule has 0 spiro atoms. The largest absolute Gasteiger partial charge is 0.394 e. The molecule has 602 valence electrons. The van der Waals surface area contributed by atoms with Gasteiger partial charge in [-0.25, -0.2) is 0 Å². The van der Waals surface area contributed by atoms with Gasteiger partial charge in [0.05, 0.1) is 0 Å². The van der Waals surface area contributed by atoms with Gasteiger partial charge in [0.2, 0.25) is 17.7 Å². The van der Waals surface area contributed by atoms with Gasteiger partial charge >= 0.3 is 0 Å². The number of likely N-dealkylation sites (tertiary alicyclic amines) is 1. The molecule has 3 aromatic carbocycles. The average molecular weight is 1440 g/mol. The molecule has 0 unspecified atom stereocenters. The first-order valence-electron chi connectivity index (χ1n) is 30.1. The molecule has 0 radical (unpaired) electrons. The van der Waals surface area contributed by atoms with Gasteiger partial charge < -0.3 is 138 Å². The lowest BCUT2D eigenvalue weighted by Crippen LogP contribution is -2.54. The fourth-order valence-corrected chi connectivity index (χ4v) is 4.65. The first-order valence-corrected chi connectivity index (χ1v) is 30.1. The lowest BCUT2D eigenvalue weighted by Gasteiger charge is -2.31. The highest BCUT2D eigenvalue weighted by atomic mass is 16.3. The van der Waals surface area contributed by atoms with E-state index < -0.39 is 12.1 Å². The summed E-state index contributed by atoms with van der Waals surface area (Å²) in [5.74, 6) is 0.345. The molecule has 0 aliphatic carbocycles. The van der Waals surface area contributed by atoms with E-state index in [1.165, 1.54) is 78.7 Å². The van der Waals surface area contributed by atoms with E-state index in [0.29, 0.717) is 6.42 Å². The van der Waals surface area contributed by atoms with Crippen LogP contribution in [0.15, 0.2) is 91.0 Å². The molecule has 1 heterocycles. The zero-order chi connectivity index (χ0) is 82.6. The number of nitrogens with one attached hydrogen (secondary N) is 1. The topological polar surface area (TPSA) is 600 Å². The number of piperidine rings is 1. The molecule has 99 heavy (non-hydrogen) atoms. The quantitative estimate of drug-likeness (QED) is 0.0958. The Balaban J connectivity index is -0.0000000244. The Hall–Kier alpha value is -8.04. The first kappa shape index (κ1) is 180. The van der Waals surface area contributed by atoms with E-state index in [-0.39, 0.29) is 48.4 Å². The van der Waals surface area contributed by atoms with Gasteiger partial charge in [-0.1, -0.05) is 187 Å². The summed E-state index contributed by atoms with van der Waals surface area (Å²) in [7, 11) is 12.1. The van der Waals surface area contributed by atoms with E-state index >= 15 is 0 Å². The summed E-state index contributed by atoms with van der Waals surface area (Å²) in [6, 6.07) is 29.2. The molecule has 0 saturated carbocycles. The number of amides is 3. The predicted molar refractivity (Wildman–Crippen MR) is 429 cm³/mol. The molecular weight excluding hydrogens is 1280 g/mol. The highest BCUT2D eigenvalue weighted by molar-refractivity contribution is 5.91. The normalized spacial score (nSPS) is 7.77. The zero-order valence-electron chi connectivity index (χ0n) is 67.5. The van der Waals surface area contributed by atoms with Gasteiger partial charge in [-0.2, -0.15) is 0 Å². The van der Waals surface area contributed by atoms with Gasteiger partial charge in [0.15, 0.2) is 0 Å². The second-order valence-corrected chi connectivity index (χ2v) is 13.5. The maximum atomic E-state index is 12.8. The summed E-state index contributed by atoms with van der Waals surface area (Å²) in [6.45, 7) is 57.1. The number of hydrogen-bond donors (Lipinski definition) is 13. The minimum Gasteiger partial charge on any atom is -0.394 e. The highest BCUT2D eigenvalue weighted by Crippen LogP contribution is 2.12. The molecule has 1 aliphatic heterocycles. The van der Waals surface area contributed by atoms with Crippen LogP contribution in [0.25, 0.3) is 0 Å². The molecule has 29 nitrogen and oxygen atoms in total. The van der Waals surface area contributed by atoms with Crippen molar-refractivity contribution in [3.05, 3.63) is 108 Å². The van der Waals surface area contributed by atoms with E-state index in [4.69, 9.17) is 57.8 Å². The van der Waals surface area contributed by atoms with Crippen molar-refractivity contribution in [1.29, 1.82) is 0 Å². The molecule has 3 aromatic rings. The van der Waals surface area contributed by atoms with E-state index in [0.717, 1.165) is 56.7 Å². The van der Waals surface area contributed by atoms with Gasteiger partial charge in [0.25, 0.3) is 0 Å². The van der Waals surface area contributed by atoms with Crippen LogP contribution in [0.5, 0.6) is 0 Å². The number of likely N-dealkylation sites (N-methyl/N-ethyl adjacent to an activating group) is 1. The van der Waals surface area contributed by atoms with E-state index in [2.05, 4.69) is 129 Å². The summed E-state index contributed by atoms with van der Waals surface area (Å²) in [5, 5.41) is 10.9. The van der Waals surface area contributed by atoms with Gasteiger partial charge in [0.1, 0.15) is 86.8 Å². The molecule has 0 aromatic heterocycles. The molecule has 2 atom stereocenters. The van der Waals surface area contributed by atoms with Crippen LogP contribution in [-0.4, -0.2) is 195 Å². The number of aryl methyl sites for hydroxylation is 2. The van der Waals surface area contributed by atoms with Gasteiger partial charge in [0, 0.05) is 39.6 Å². The van der Waals surface area contributed by atoms with E-state index in [1.807, 2.05) is 177 Å². The molecule has 28 N–H and O–H groups in total. The molecule has 3 amide bonds.